The van der Waals surface area contributed by atoms with Crippen LogP contribution in [0.3, 0.4) is 0 Å². The Bertz CT molecular complexity index is 1650. The van der Waals surface area contributed by atoms with Gasteiger partial charge in [-0.2, -0.15) is 9.90 Å². The van der Waals surface area contributed by atoms with Crippen molar-refractivity contribution in [3.63, 3.8) is 0 Å². The fourth-order valence-corrected chi connectivity index (χ4v) is 4.12. The van der Waals surface area contributed by atoms with Crippen LogP contribution in [0.2, 0.25) is 0 Å². The maximum atomic E-state index is 12.6. The highest BCUT2D eigenvalue weighted by Gasteiger charge is 2.43. The molecule has 0 saturated carbocycles. The summed E-state index contributed by atoms with van der Waals surface area (Å²) in [7, 11) is 0. The zero-order valence-electron chi connectivity index (χ0n) is 26.6. The molecule has 0 bridgehead atoms. The molecule has 0 radical (unpaired) electrons. The summed E-state index contributed by atoms with van der Waals surface area (Å²) in [5, 5.41) is 16.4. The molecule has 19 heteroatoms. The normalized spacial score (nSPS) is 13.4. The number of carbonyl (C=O) groups excluding carboxylic acids is 6. The molecule has 48 heavy (non-hydrogen) atoms. The molecule has 0 unspecified atom stereocenters. The molecule has 0 spiro atoms. The van der Waals surface area contributed by atoms with Gasteiger partial charge in [0, 0.05) is 46.2 Å². The number of fused-ring (bicyclic) bond motifs is 1. The van der Waals surface area contributed by atoms with E-state index in [1.807, 2.05) is 18.2 Å². The fraction of sp³-hybridized carbons (Fsp3) is 0.414. The van der Waals surface area contributed by atoms with Gasteiger partial charge in [-0.1, -0.05) is 18.2 Å². The molecule has 1 amide bonds. The smallest absolute Gasteiger partial charge is 0.303 e. The first kappa shape index (κ1) is 36.5. The van der Waals surface area contributed by atoms with E-state index in [2.05, 4.69) is 30.9 Å². The second kappa shape index (κ2) is 17.6. The fourth-order valence-electron chi connectivity index (χ4n) is 4.12. The van der Waals surface area contributed by atoms with Crippen LogP contribution in [0, 0.1) is 0 Å². The number of hydrogen-bond donors (Lipinski definition) is 1. The molecule has 3 rings (SSSR count). The van der Waals surface area contributed by atoms with Crippen molar-refractivity contribution in [2.75, 3.05) is 6.61 Å². The van der Waals surface area contributed by atoms with Crippen molar-refractivity contribution in [3.05, 3.63) is 42.4 Å². The van der Waals surface area contributed by atoms with Gasteiger partial charge in [0.15, 0.2) is 31.0 Å². The number of rotatable bonds is 16. The van der Waals surface area contributed by atoms with Gasteiger partial charge in [-0.25, -0.2) is 5.43 Å². The van der Waals surface area contributed by atoms with E-state index in [0.717, 1.165) is 51.0 Å². The minimum atomic E-state index is -1.70. The predicted octanol–water partition coefficient (Wildman–Crippen LogP) is 0.192. The second-order valence-corrected chi connectivity index (χ2v) is 9.84. The van der Waals surface area contributed by atoms with Gasteiger partial charge in [0.2, 0.25) is 5.82 Å². The van der Waals surface area contributed by atoms with Gasteiger partial charge in [0.25, 0.3) is 5.91 Å². The van der Waals surface area contributed by atoms with Crippen molar-refractivity contribution < 1.29 is 57.2 Å². The Labute approximate surface area is 272 Å². The van der Waals surface area contributed by atoms with Gasteiger partial charge in [-0.3, -0.25) is 33.8 Å². The standard InChI is InChI=1S/C29H33N7O12/c1-16(37)43-14-24(46-18(3)39)29(48-20(5)41)28(47-19(4)40)23(45-17(2)38)12-31-33-26(42)13-36-34-25(32-35-36)15-44-22-10-6-8-21-9-7-11-30-27(21)22/h6-12,23-24,28-29H,13-15H2,1-5H3,(H,33,42)/b31-12+/t23-,24+,28+,29-/m0/s1. The summed E-state index contributed by atoms with van der Waals surface area (Å²) in [5.41, 5.74) is 2.83. The lowest BCUT2D eigenvalue weighted by atomic mass is 10.0. The number of hydrazone groups is 1. The number of tetrazole rings is 1. The molecule has 0 saturated heterocycles. The van der Waals surface area contributed by atoms with Crippen LogP contribution in [0.4, 0.5) is 0 Å². The van der Waals surface area contributed by atoms with Crippen molar-refractivity contribution in [1.29, 1.82) is 0 Å². The first-order valence-corrected chi connectivity index (χ1v) is 14.2. The Morgan fingerprint density at radius 3 is 2.19 bits per heavy atom. The van der Waals surface area contributed by atoms with E-state index < -0.39 is 73.3 Å². The monoisotopic (exact) mass is 671 g/mol. The van der Waals surface area contributed by atoms with E-state index in [9.17, 15) is 28.8 Å². The lowest BCUT2D eigenvalue weighted by molar-refractivity contribution is -0.197. The van der Waals surface area contributed by atoms with Crippen LogP contribution in [-0.4, -0.2) is 98.2 Å². The zero-order chi connectivity index (χ0) is 35.2. The highest BCUT2D eigenvalue weighted by molar-refractivity contribution is 5.84. The molecule has 19 nitrogen and oxygen atoms in total. The molecule has 1 N–H and O–H groups in total. The number of aromatic nitrogens is 5. The molecular weight excluding hydrogens is 638 g/mol. The number of amides is 1. The molecule has 3 aromatic rings. The van der Waals surface area contributed by atoms with Crippen LogP contribution < -0.4 is 10.2 Å². The summed E-state index contributed by atoms with van der Waals surface area (Å²) in [6.07, 6.45) is -4.00. The van der Waals surface area contributed by atoms with Crippen molar-refractivity contribution in [2.45, 2.75) is 72.2 Å². The summed E-state index contributed by atoms with van der Waals surface area (Å²) < 4.78 is 31.7. The SMILES string of the molecule is CC(=O)OC[C@@H](OC(C)=O)[C@H](OC(C)=O)[C@H](OC(C)=O)[C@H](/C=N/NC(=O)Cn1nnc(COc2cccc3cccnc23)n1)OC(C)=O. The van der Waals surface area contributed by atoms with E-state index in [0.29, 0.717) is 11.3 Å². The maximum Gasteiger partial charge on any atom is 0.303 e. The Hall–Kier alpha value is -6.01. The Morgan fingerprint density at radius 1 is 0.854 bits per heavy atom. The van der Waals surface area contributed by atoms with Gasteiger partial charge in [0.05, 0.1) is 6.21 Å². The largest absolute Gasteiger partial charge is 0.483 e. The molecule has 1 aromatic carbocycles. The van der Waals surface area contributed by atoms with Crippen molar-refractivity contribution in [3.8, 4) is 5.75 Å². The molecule has 256 valence electrons. The number of benzene rings is 1. The molecule has 2 aromatic heterocycles. The lowest BCUT2D eigenvalue weighted by Crippen LogP contribution is -2.53. The Kier molecular flexibility index (Phi) is 13.4. The highest BCUT2D eigenvalue weighted by Crippen LogP contribution is 2.23. The van der Waals surface area contributed by atoms with Gasteiger partial charge in [-0.05, 0) is 17.3 Å². The molecule has 0 fully saturated rings. The number of ether oxygens (including phenoxy) is 6. The highest BCUT2D eigenvalue weighted by atomic mass is 16.6. The Morgan fingerprint density at radius 2 is 1.52 bits per heavy atom. The van der Waals surface area contributed by atoms with E-state index in [1.165, 1.54) is 0 Å². The number of nitrogens with zero attached hydrogens (tertiary/aromatic N) is 6. The second-order valence-electron chi connectivity index (χ2n) is 9.84. The number of carbonyl (C=O) groups is 6. The van der Waals surface area contributed by atoms with Gasteiger partial charge < -0.3 is 28.4 Å². The number of hydrogen-bond acceptors (Lipinski definition) is 17. The Balaban J connectivity index is 1.73. The van der Waals surface area contributed by atoms with Gasteiger partial charge in [-0.15, -0.1) is 10.2 Å². The molecule has 0 aliphatic carbocycles. The summed E-state index contributed by atoms with van der Waals surface area (Å²) >= 11 is 0. The predicted molar refractivity (Wildman–Crippen MR) is 159 cm³/mol. The van der Waals surface area contributed by atoms with Crippen LogP contribution in [0.15, 0.2) is 41.6 Å². The molecule has 4 atom stereocenters. The van der Waals surface area contributed by atoms with Crippen LogP contribution in [0.25, 0.3) is 10.9 Å². The average Bonchev–Trinajstić information content (AvgIpc) is 3.45. The molecule has 2 heterocycles. The van der Waals surface area contributed by atoms with E-state index in [4.69, 9.17) is 28.4 Å². The van der Waals surface area contributed by atoms with Crippen molar-refractivity contribution >= 4 is 52.9 Å². The van der Waals surface area contributed by atoms with Gasteiger partial charge in [0.1, 0.15) is 24.4 Å². The number of pyridine rings is 1. The van der Waals surface area contributed by atoms with Crippen LogP contribution in [0.1, 0.15) is 40.4 Å². The minimum Gasteiger partial charge on any atom is -0.483 e. The molecule has 0 aliphatic rings. The molecule has 0 aliphatic heterocycles. The number of esters is 5. The summed E-state index contributed by atoms with van der Waals surface area (Å²) in [6, 6.07) is 9.13. The third-order valence-electron chi connectivity index (χ3n) is 5.83. The van der Waals surface area contributed by atoms with Crippen LogP contribution in [-0.2, 0) is 65.6 Å². The average molecular weight is 672 g/mol. The minimum absolute atomic E-state index is 0.0631. The third kappa shape index (κ3) is 11.7. The van der Waals surface area contributed by atoms with Crippen molar-refractivity contribution in [2.24, 2.45) is 5.10 Å². The third-order valence-corrected chi connectivity index (χ3v) is 5.83. The van der Waals surface area contributed by atoms with Crippen LogP contribution in [0.5, 0.6) is 5.75 Å². The first-order valence-electron chi connectivity index (χ1n) is 14.2. The zero-order valence-corrected chi connectivity index (χ0v) is 26.6. The summed E-state index contributed by atoms with van der Waals surface area (Å²) in [6.45, 7) is 4.04. The number of nitrogens with one attached hydrogen (secondary N) is 1. The maximum absolute atomic E-state index is 12.6. The summed E-state index contributed by atoms with van der Waals surface area (Å²) in [5.74, 6) is -4.42. The lowest BCUT2D eigenvalue weighted by Gasteiger charge is -2.34. The summed E-state index contributed by atoms with van der Waals surface area (Å²) in [4.78, 5) is 77.3. The van der Waals surface area contributed by atoms with Crippen LogP contribution >= 0.6 is 0 Å². The first-order chi connectivity index (χ1) is 22.8. The number of para-hydroxylation sites is 1. The quantitative estimate of drug-likeness (QED) is 0.0925. The van der Waals surface area contributed by atoms with Gasteiger partial charge >= 0.3 is 29.8 Å². The topological polar surface area (TPSA) is 239 Å². The van der Waals surface area contributed by atoms with E-state index in [1.54, 1.807) is 18.3 Å². The molecular formula is C29H33N7O12. The van der Waals surface area contributed by atoms with E-state index in [-0.39, 0.29) is 12.4 Å². The van der Waals surface area contributed by atoms with Crippen molar-refractivity contribution in [1.82, 2.24) is 30.6 Å². The van der Waals surface area contributed by atoms with E-state index >= 15 is 0 Å².